The molecule has 0 aromatic heterocycles. The SMILES string of the molecule is COC(=O)c1ccc(CCN2CC3[C@H](C2)[C@H]3NC(=O)C(O)(c2ccccc2)C2CCCC2)cc1. The molecule has 3 fully saturated rings. The standard InChI is InChI=1S/C28H34N2O4/c1-34-26(31)20-13-11-19(12-14-20)15-16-30-17-23-24(18-30)25(23)29-27(32)28(33,22-9-5-6-10-22)21-7-3-2-4-8-21/h2-4,7-8,11-14,22-25,33H,5-6,9-10,15-18H2,1H3,(H,29,32)/t23-,24?,25+,28?/m0/s1. The number of hydrogen-bond donors (Lipinski definition) is 2. The molecule has 3 aliphatic rings. The van der Waals surface area contributed by atoms with Gasteiger partial charge in [0, 0.05) is 31.6 Å². The Bertz CT molecular complexity index is 1010. The molecule has 6 heteroatoms. The van der Waals surface area contributed by atoms with E-state index in [1.807, 2.05) is 54.6 Å². The number of nitrogens with zero attached hydrogens (tertiary/aromatic N) is 1. The highest BCUT2D eigenvalue weighted by Gasteiger charge is 2.58. The number of hydrogen-bond acceptors (Lipinski definition) is 5. The van der Waals surface area contributed by atoms with E-state index in [0.717, 1.165) is 51.7 Å². The molecule has 0 radical (unpaired) electrons. The molecule has 5 rings (SSSR count). The maximum absolute atomic E-state index is 13.4. The summed E-state index contributed by atoms with van der Waals surface area (Å²) in [6, 6.07) is 17.2. The van der Waals surface area contributed by atoms with Gasteiger partial charge in [0.05, 0.1) is 12.7 Å². The van der Waals surface area contributed by atoms with Crippen LogP contribution in [0.5, 0.6) is 0 Å². The minimum Gasteiger partial charge on any atom is -0.465 e. The maximum atomic E-state index is 13.4. The predicted octanol–water partition coefficient (Wildman–Crippen LogP) is 3.14. The molecule has 1 amide bonds. The van der Waals surface area contributed by atoms with Gasteiger partial charge in [0.25, 0.3) is 5.91 Å². The van der Waals surface area contributed by atoms with E-state index in [0.29, 0.717) is 23.0 Å². The van der Waals surface area contributed by atoms with Crippen molar-refractivity contribution in [3.63, 3.8) is 0 Å². The maximum Gasteiger partial charge on any atom is 0.337 e. The summed E-state index contributed by atoms with van der Waals surface area (Å²) < 4.78 is 4.75. The third-order valence-corrected chi connectivity index (χ3v) is 8.17. The lowest BCUT2D eigenvalue weighted by Gasteiger charge is -2.33. The number of carbonyl (C=O) groups is 2. The number of esters is 1. The summed E-state index contributed by atoms with van der Waals surface area (Å²) in [7, 11) is 1.39. The van der Waals surface area contributed by atoms with Crippen molar-refractivity contribution in [2.24, 2.45) is 17.8 Å². The van der Waals surface area contributed by atoms with Crippen LogP contribution in [0.3, 0.4) is 0 Å². The first kappa shape index (κ1) is 23.1. The highest BCUT2D eigenvalue weighted by atomic mass is 16.5. The van der Waals surface area contributed by atoms with Crippen LogP contribution in [-0.4, -0.2) is 54.7 Å². The lowest BCUT2D eigenvalue weighted by molar-refractivity contribution is -0.147. The van der Waals surface area contributed by atoms with Gasteiger partial charge in [0.15, 0.2) is 5.60 Å². The Morgan fingerprint density at radius 3 is 2.29 bits per heavy atom. The molecule has 1 aliphatic heterocycles. The number of methoxy groups -OCH3 is 1. The summed E-state index contributed by atoms with van der Waals surface area (Å²) in [4.78, 5) is 27.4. The van der Waals surface area contributed by atoms with Crippen molar-refractivity contribution in [2.75, 3.05) is 26.7 Å². The normalized spacial score (nSPS) is 26.0. The summed E-state index contributed by atoms with van der Waals surface area (Å²) in [6.45, 7) is 2.91. The van der Waals surface area contributed by atoms with Crippen LogP contribution in [-0.2, 0) is 21.6 Å². The summed E-state index contributed by atoms with van der Waals surface area (Å²) in [5.41, 5.74) is 1.04. The number of fused-ring (bicyclic) bond motifs is 1. The molecule has 1 heterocycles. The van der Waals surface area contributed by atoms with Gasteiger partial charge in [-0.25, -0.2) is 4.79 Å². The first-order chi connectivity index (χ1) is 16.5. The number of piperidine rings is 1. The topological polar surface area (TPSA) is 78.9 Å². The van der Waals surface area contributed by atoms with Crippen molar-refractivity contribution in [2.45, 2.75) is 43.7 Å². The van der Waals surface area contributed by atoms with E-state index in [1.54, 1.807) is 0 Å². The van der Waals surface area contributed by atoms with Crippen LogP contribution >= 0.6 is 0 Å². The van der Waals surface area contributed by atoms with E-state index in [4.69, 9.17) is 4.74 Å². The van der Waals surface area contributed by atoms with Crippen LogP contribution in [0.2, 0.25) is 0 Å². The van der Waals surface area contributed by atoms with Crippen molar-refractivity contribution in [1.29, 1.82) is 0 Å². The van der Waals surface area contributed by atoms with E-state index in [-0.39, 0.29) is 23.8 Å². The predicted molar refractivity (Wildman–Crippen MR) is 129 cm³/mol. The Hall–Kier alpha value is -2.70. The zero-order valence-corrected chi connectivity index (χ0v) is 19.8. The minimum absolute atomic E-state index is 0.0180. The van der Waals surface area contributed by atoms with Gasteiger partial charge in [-0.05, 0) is 54.4 Å². The Morgan fingerprint density at radius 1 is 1.03 bits per heavy atom. The highest BCUT2D eigenvalue weighted by Crippen LogP contribution is 2.47. The number of carbonyl (C=O) groups excluding carboxylic acids is 2. The second kappa shape index (κ2) is 9.51. The number of nitrogens with one attached hydrogen (secondary N) is 1. The highest BCUT2D eigenvalue weighted by molar-refractivity contribution is 5.89. The molecular weight excluding hydrogens is 428 g/mol. The van der Waals surface area contributed by atoms with Gasteiger partial charge < -0.3 is 20.1 Å². The zero-order chi connectivity index (χ0) is 23.7. The van der Waals surface area contributed by atoms with Gasteiger partial charge in [0.1, 0.15) is 0 Å². The monoisotopic (exact) mass is 462 g/mol. The minimum atomic E-state index is -1.44. The zero-order valence-electron chi connectivity index (χ0n) is 19.8. The summed E-state index contributed by atoms with van der Waals surface area (Å²) in [6.07, 6.45) is 4.85. The van der Waals surface area contributed by atoms with E-state index in [9.17, 15) is 14.7 Å². The van der Waals surface area contributed by atoms with Crippen molar-refractivity contribution < 1.29 is 19.4 Å². The van der Waals surface area contributed by atoms with Gasteiger partial charge in [-0.3, -0.25) is 4.79 Å². The Kier molecular flexibility index (Phi) is 6.45. The molecule has 180 valence electrons. The van der Waals surface area contributed by atoms with Gasteiger partial charge >= 0.3 is 5.97 Å². The number of benzene rings is 2. The summed E-state index contributed by atoms with van der Waals surface area (Å²) in [5, 5.41) is 14.9. The molecule has 2 aromatic carbocycles. The van der Waals surface area contributed by atoms with Crippen LogP contribution in [0.4, 0.5) is 0 Å². The molecular formula is C28H34N2O4. The Labute approximate surface area is 201 Å². The second-order valence-corrected chi connectivity index (χ2v) is 10.1. The van der Waals surface area contributed by atoms with E-state index in [2.05, 4.69) is 10.2 Å². The van der Waals surface area contributed by atoms with Gasteiger partial charge in [0.2, 0.25) is 0 Å². The Morgan fingerprint density at radius 2 is 1.68 bits per heavy atom. The molecule has 2 N–H and O–H groups in total. The number of amides is 1. The molecule has 2 unspecified atom stereocenters. The van der Waals surface area contributed by atoms with Gasteiger partial charge in [-0.15, -0.1) is 0 Å². The molecule has 2 saturated carbocycles. The average Bonchev–Trinajstić information content (AvgIpc) is 3.29. The average molecular weight is 463 g/mol. The molecule has 4 atom stereocenters. The van der Waals surface area contributed by atoms with Crippen LogP contribution < -0.4 is 5.32 Å². The number of aliphatic hydroxyl groups is 1. The van der Waals surface area contributed by atoms with Crippen LogP contribution in [0.1, 0.15) is 47.2 Å². The van der Waals surface area contributed by atoms with E-state index >= 15 is 0 Å². The fourth-order valence-electron chi connectivity index (χ4n) is 6.07. The van der Waals surface area contributed by atoms with Crippen molar-refractivity contribution in [1.82, 2.24) is 10.2 Å². The Balaban J connectivity index is 1.14. The first-order valence-electron chi connectivity index (χ1n) is 12.5. The fraction of sp³-hybridized carbons (Fsp3) is 0.500. The van der Waals surface area contributed by atoms with Crippen LogP contribution in [0, 0.1) is 17.8 Å². The molecule has 6 nitrogen and oxygen atoms in total. The first-order valence-corrected chi connectivity index (χ1v) is 12.5. The third-order valence-electron chi connectivity index (χ3n) is 8.17. The lowest BCUT2D eigenvalue weighted by atomic mass is 9.79. The molecule has 1 saturated heterocycles. The lowest BCUT2D eigenvalue weighted by Crippen LogP contribution is -2.51. The molecule has 2 aromatic rings. The van der Waals surface area contributed by atoms with Crippen molar-refractivity contribution in [3.8, 4) is 0 Å². The van der Waals surface area contributed by atoms with Gasteiger partial charge in [-0.2, -0.15) is 0 Å². The number of likely N-dealkylation sites (tertiary alicyclic amines) is 1. The third kappa shape index (κ3) is 4.37. The van der Waals surface area contributed by atoms with E-state index in [1.165, 1.54) is 12.7 Å². The van der Waals surface area contributed by atoms with Crippen molar-refractivity contribution >= 4 is 11.9 Å². The molecule has 0 bridgehead atoms. The largest absolute Gasteiger partial charge is 0.465 e. The van der Waals surface area contributed by atoms with Crippen molar-refractivity contribution in [3.05, 3.63) is 71.3 Å². The fourth-order valence-corrected chi connectivity index (χ4v) is 6.07. The molecule has 2 aliphatic carbocycles. The van der Waals surface area contributed by atoms with E-state index < -0.39 is 5.60 Å². The van der Waals surface area contributed by atoms with Crippen LogP contribution in [0.25, 0.3) is 0 Å². The quantitative estimate of drug-likeness (QED) is 0.590. The van der Waals surface area contributed by atoms with Crippen LogP contribution in [0.15, 0.2) is 54.6 Å². The molecule has 34 heavy (non-hydrogen) atoms. The number of ether oxygens (including phenoxy) is 1. The summed E-state index contributed by atoms with van der Waals surface area (Å²) >= 11 is 0. The molecule has 0 spiro atoms. The summed E-state index contributed by atoms with van der Waals surface area (Å²) in [5.74, 6) is 0.382. The van der Waals surface area contributed by atoms with Gasteiger partial charge in [-0.1, -0.05) is 55.3 Å². The number of rotatable bonds is 8. The smallest absolute Gasteiger partial charge is 0.337 e. The second-order valence-electron chi connectivity index (χ2n) is 10.1.